The highest BCUT2D eigenvalue weighted by Gasteiger charge is 2.24. The highest BCUT2D eigenvalue weighted by atomic mass is 35.5. The van der Waals surface area contributed by atoms with Crippen LogP contribution in [0.2, 0.25) is 0 Å². The van der Waals surface area contributed by atoms with Gasteiger partial charge in [-0.05, 0) is 42.8 Å². The van der Waals surface area contributed by atoms with E-state index in [9.17, 15) is 9.50 Å². The maximum absolute atomic E-state index is 13.4. The molecule has 0 amide bonds. The Morgan fingerprint density at radius 2 is 1.96 bits per heavy atom. The van der Waals surface area contributed by atoms with Gasteiger partial charge in [0.2, 0.25) is 5.95 Å². The van der Waals surface area contributed by atoms with Gasteiger partial charge in [-0.25, -0.2) is 14.4 Å². The molecule has 28 heavy (non-hydrogen) atoms. The SMILES string of the molecule is CC1C=C(c2c(-c3ccc(F)cc3)nc(N)n3nc(CO)nc23)C=C(Cl)N1C. The number of nitrogens with two attached hydrogens (primary N) is 1. The number of fused-ring (bicyclic) bond motifs is 1. The largest absolute Gasteiger partial charge is 0.388 e. The Morgan fingerprint density at radius 3 is 2.61 bits per heavy atom. The molecule has 7 nitrogen and oxygen atoms in total. The van der Waals surface area contributed by atoms with Gasteiger partial charge in [-0.2, -0.15) is 4.52 Å². The van der Waals surface area contributed by atoms with Crippen molar-refractivity contribution < 1.29 is 9.50 Å². The van der Waals surface area contributed by atoms with Gasteiger partial charge in [0.1, 0.15) is 17.6 Å². The summed E-state index contributed by atoms with van der Waals surface area (Å²) in [5.41, 5.74) is 9.20. The third-order valence-corrected chi connectivity index (χ3v) is 5.12. The maximum Gasteiger partial charge on any atom is 0.223 e. The number of benzene rings is 1. The third-order valence-electron chi connectivity index (χ3n) is 4.75. The summed E-state index contributed by atoms with van der Waals surface area (Å²) in [6.45, 7) is 1.68. The van der Waals surface area contributed by atoms with Crippen LogP contribution in [0.1, 0.15) is 18.3 Å². The Hall–Kier alpha value is -2.97. The van der Waals surface area contributed by atoms with Crippen LogP contribution in [0.25, 0.3) is 22.5 Å². The first kappa shape index (κ1) is 18.4. The van der Waals surface area contributed by atoms with Gasteiger partial charge >= 0.3 is 0 Å². The lowest BCUT2D eigenvalue weighted by Crippen LogP contribution is -2.27. The molecule has 3 heterocycles. The summed E-state index contributed by atoms with van der Waals surface area (Å²) in [6, 6.07) is 6.01. The van der Waals surface area contributed by atoms with Crippen LogP contribution in [-0.2, 0) is 6.61 Å². The molecule has 0 saturated carbocycles. The number of rotatable bonds is 3. The van der Waals surface area contributed by atoms with Crippen molar-refractivity contribution in [3.63, 3.8) is 0 Å². The summed E-state index contributed by atoms with van der Waals surface area (Å²) in [7, 11) is 1.90. The molecule has 0 bridgehead atoms. The lowest BCUT2D eigenvalue weighted by Gasteiger charge is -2.28. The van der Waals surface area contributed by atoms with Gasteiger partial charge in [-0.15, -0.1) is 5.10 Å². The van der Waals surface area contributed by atoms with Gasteiger partial charge in [0.05, 0.1) is 11.3 Å². The number of aliphatic hydroxyl groups excluding tert-OH is 1. The molecule has 1 atom stereocenters. The number of nitrogen functional groups attached to an aromatic ring is 1. The number of nitrogens with zero attached hydrogens (tertiary/aromatic N) is 5. The van der Waals surface area contributed by atoms with E-state index < -0.39 is 0 Å². The van der Waals surface area contributed by atoms with E-state index >= 15 is 0 Å². The smallest absolute Gasteiger partial charge is 0.223 e. The standard InChI is InChI=1S/C19H18ClFN6O/c1-10-7-12(8-14(20)26(10)2)16-17(11-3-5-13(21)6-4-11)24-19(22)27-18(16)23-15(9-28)25-27/h3-8,10,28H,9H2,1-2H3,(H2,22,24). The van der Waals surface area contributed by atoms with Gasteiger partial charge in [-0.1, -0.05) is 17.7 Å². The lowest BCUT2D eigenvalue weighted by molar-refractivity contribution is 0.271. The van der Waals surface area contributed by atoms with Crippen molar-refractivity contribution in [3.05, 3.63) is 58.8 Å². The van der Waals surface area contributed by atoms with Crippen LogP contribution >= 0.6 is 11.6 Å². The number of hydrogen-bond donors (Lipinski definition) is 2. The molecule has 4 rings (SSSR count). The van der Waals surface area contributed by atoms with Gasteiger partial charge in [0.15, 0.2) is 11.5 Å². The van der Waals surface area contributed by atoms with Crippen molar-refractivity contribution in [2.24, 2.45) is 0 Å². The third kappa shape index (κ3) is 3.00. The monoisotopic (exact) mass is 400 g/mol. The van der Waals surface area contributed by atoms with Crippen LogP contribution in [0.4, 0.5) is 10.3 Å². The molecule has 2 aromatic heterocycles. The molecule has 1 aromatic carbocycles. The van der Waals surface area contributed by atoms with Crippen molar-refractivity contribution in [2.75, 3.05) is 12.8 Å². The average Bonchev–Trinajstić information content (AvgIpc) is 3.11. The van der Waals surface area contributed by atoms with Gasteiger partial charge in [-0.3, -0.25) is 0 Å². The molecule has 1 aliphatic rings. The minimum atomic E-state index is -0.348. The predicted octanol–water partition coefficient (Wildman–Crippen LogP) is 2.80. The number of allylic oxidation sites excluding steroid dienone is 2. The second-order valence-corrected chi connectivity index (χ2v) is 6.95. The first-order chi connectivity index (χ1) is 13.4. The molecule has 144 valence electrons. The molecule has 0 saturated heterocycles. The molecular weight excluding hydrogens is 383 g/mol. The number of halogens is 2. The fourth-order valence-corrected chi connectivity index (χ4v) is 3.42. The molecule has 0 fully saturated rings. The van der Waals surface area contributed by atoms with E-state index in [-0.39, 0.29) is 30.2 Å². The van der Waals surface area contributed by atoms with E-state index in [1.54, 1.807) is 12.1 Å². The summed E-state index contributed by atoms with van der Waals surface area (Å²) < 4.78 is 14.8. The number of hydrogen-bond acceptors (Lipinski definition) is 6. The molecule has 9 heteroatoms. The molecule has 1 unspecified atom stereocenters. The van der Waals surface area contributed by atoms with E-state index in [4.69, 9.17) is 17.3 Å². The molecular formula is C19H18ClFN6O. The van der Waals surface area contributed by atoms with Crippen LogP contribution in [0.3, 0.4) is 0 Å². The Labute approximate surface area is 165 Å². The quantitative estimate of drug-likeness (QED) is 0.657. The number of anilines is 1. The molecule has 0 radical (unpaired) electrons. The highest BCUT2D eigenvalue weighted by molar-refractivity contribution is 6.30. The van der Waals surface area contributed by atoms with E-state index in [1.165, 1.54) is 16.6 Å². The van der Waals surface area contributed by atoms with E-state index in [2.05, 4.69) is 15.1 Å². The summed E-state index contributed by atoms with van der Waals surface area (Å²) in [6.07, 6.45) is 3.84. The Kier molecular flexibility index (Phi) is 4.52. The van der Waals surface area contributed by atoms with Crippen molar-refractivity contribution >= 4 is 28.8 Å². The van der Waals surface area contributed by atoms with Crippen LogP contribution in [-0.4, -0.2) is 42.7 Å². The Morgan fingerprint density at radius 1 is 1.25 bits per heavy atom. The Balaban J connectivity index is 2.05. The molecule has 3 N–H and O–H groups in total. The minimum Gasteiger partial charge on any atom is -0.388 e. The zero-order valence-corrected chi connectivity index (χ0v) is 16.0. The fourth-order valence-electron chi connectivity index (χ4n) is 3.15. The summed E-state index contributed by atoms with van der Waals surface area (Å²) in [5, 5.41) is 14.2. The average molecular weight is 401 g/mol. The van der Waals surface area contributed by atoms with Crippen molar-refractivity contribution in [1.82, 2.24) is 24.5 Å². The summed E-state index contributed by atoms with van der Waals surface area (Å²) in [4.78, 5) is 10.8. The van der Waals surface area contributed by atoms with E-state index in [0.717, 1.165) is 5.57 Å². The minimum absolute atomic E-state index is 0.0337. The maximum atomic E-state index is 13.4. The second kappa shape index (κ2) is 6.88. The first-order valence-electron chi connectivity index (χ1n) is 8.63. The van der Waals surface area contributed by atoms with E-state index in [1.807, 2.05) is 31.0 Å². The van der Waals surface area contributed by atoms with Gasteiger partial charge in [0, 0.05) is 18.7 Å². The fraction of sp³-hybridized carbons (Fsp3) is 0.211. The zero-order valence-electron chi connectivity index (χ0n) is 15.3. The summed E-state index contributed by atoms with van der Waals surface area (Å²) >= 11 is 6.41. The zero-order chi connectivity index (χ0) is 20.0. The number of aromatic nitrogens is 4. The van der Waals surface area contributed by atoms with Crippen LogP contribution in [0.5, 0.6) is 0 Å². The number of aliphatic hydroxyl groups is 1. The number of likely N-dealkylation sites (N-methyl/N-ethyl adjacent to an activating group) is 1. The van der Waals surface area contributed by atoms with Gasteiger partial charge < -0.3 is 15.7 Å². The van der Waals surface area contributed by atoms with Crippen molar-refractivity contribution in [3.8, 4) is 11.3 Å². The normalized spacial score (nSPS) is 17.0. The molecule has 0 spiro atoms. The lowest BCUT2D eigenvalue weighted by atomic mass is 9.96. The van der Waals surface area contributed by atoms with Gasteiger partial charge in [0.25, 0.3) is 0 Å². The molecule has 3 aromatic rings. The highest BCUT2D eigenvalue weighted by Crippen LogP contribution is 2.36. The first-order valence-corrected chi connectivity index (χ1v) is 9.01. The van der Waals surface area contributed by atoms with Crippen molar-refractivity contribution in [1.29, 1.82) is 0 Å². The Bertz CT molecular complexity index is 1120. The van der Waals surface area contributed by atoms with Crippen LogP contribution in [0.15, 0.2) is 41.6 Å². The second-order valence-electron chi connectivity index (χ2n) is 6.56. The van der Waals surface area contributed by atoms with Crippen LogP contribution < -0.4 is 5.73 Å². The predicted molar refractivity (Wildman–Crippen MR) is 106 cm³/mol. The van der Waals surface area contributed by atoms with Crippen LogP contribution in [0, 0.1) is 5.82 Å². The topological polar surface area (TPSA) is 92.6 Å². The molecule has 0 aliphatic carbocycles. The summed E-state index contributed by atoms with van der Waals surface area (Å²) in [5.74, 6) is -0.0101. The molecule has 1 aliphatic heterocycles. The van der Waals surface area contributed by atoms with E-state index in [0.29, 0.717) is 27.6 Å². The van der Waals surface area contributed by atoms with Crippen molar-refractivity contribution in [2.45, 2.75) is 19.6 Å².